The summed E-state index contributed by atoms with van der Waals surface area (Å²) in [7, 11) is 1.55. The van der Waals surface area contributed by atoms with Gasteiger partial charge in [0.25, 0.3) is 0 Å². The van der Waals surface area contributed by atoms with Gasteiger partial charge in [-0.2, -0.15) is 5.10 Å². The van der Waals surface area contributed by atoms with E-state index in [0.29, 0.717) is 30.8 Å². The topological polar surface area (TPSA) is 67.5 Å². The van der Waals surface area contributed by atoms with E-state index < -0.39 is 6.10 Å². The molecule has 0 bridgehead atoms. The van der Waals surface area contributed by atoms with Crippen molar-refractivity contribution in [2.45, 2.75) is 32.4 Å². The molecule has 86 valence electrons. The summed E-state index contributed by atoms with van der Waals surface area (Å²) in [6.07, 6.45) is 2.05. The average molecular weight is 214 g/mol. The molecule has 0 saturated carbocycles. The van der Waals surface area contributed by atoms with E-state index in [-0.39, 0.29) is 6.61 Å². The first kappa shape index (κ1) is 12.0. The summed E-state index contributed by atoms with van der Waals surface area (Å²) >= 11 is 0. The van der Waals surface area contributed by atoms with Gasteiger partial charge in [-0.25, -0.2) is 0 Å². The third kappa shape index (κ3) is 2.70. The van der Waals surface area contributed by atoms with Gasteiger partial charge in [-0.1, -0.05) is 0 Å². The molecule has 0 radical (unpaired) electrons. The number of methoxy groups -OCH3 is 1. The molecule has 1 rings (SSSR count). The standard InChI is InChI=1S/C10H18N2O3/c1-3-12-10(8(14)5-4-6-13)9(15-2)7-11-12/h7-8,13-14H,3-6H2,1-2H3. The van der Waals surface area contributed by atoms with Crippen molar-refractivity contribution in [2.24, 2.45) is 0 Å². The van der Waals surface area contributed by atoms with Gasteiger partial charge in [-0.15, -0.1) is 0 Å². The van der Waals surface area contributed by atoms with Crippen LogP contribution in [0.1, 0.15) is 31.6 Å². The Hall–Kier alpha value is -1.07. The molecule has 2 N–H and O–H groups in total. The fourth-order valence-corrected chi connectivity index (χ4v) is 1.54. The van der Waals surface area contributed by atoms with Crippen LogP contribution in [0.2, 0.25) is 0 Å². The van der Waals surface area contributed by atoms with Crippen LogP contribution in [0.15, 0.2) is 6.20 Å². The van der Waals surface area contributed by atoms with Crippen molar-refractivity contribution in [1.82, 2.24) is 9.78 Å². The first-order valence-electron chi connectivity index (χ1n) is 5.13. The number of ether oxygens (including phenoxy) is 1. The van der Waals surface area contributed by atoms with Gasteiger partial charge >= 0.3 is 0 Å². The molecule has 15 heavy (non-hydrogen) atoms. The first-order chi connectivity index (χ1) is 7.24. The van der Waals surface area contributed by atoms with Crippen LogP contribution in [-0.2, 0) is 6.54 Å². The average Bonchev–Trinajstić information content (AvgIpc) is 2.68. The lowest BCUT2D eigenvalue weighted by Gasteiger charge is -2.13. The van der Waals surface area contributed by atoms with Gasteiger partial charge in [-0.3, -0.25) is 4.68 Å². The number of nitrogens with zero attached hydrogens (tertiary/aromatic N) is 2. The Morgan fingerprint density at radius 1 is 1.60 bits per heavy atom. The minimum Gasteiger partial charge on any atom is -0.493 e. The van der Waals surface area contributed by atoms with Crippen molar-refractivity contribution in [1.29, 1.82) is 0 Å². The maximum Gasteiger partial charge on any atom is 0.162 e. The van der Waals surface area contributed by atoms with E-state index >= 15 is 0 Å². The molecule has 5 nitrogen and oxygen atoms in total. The summed E-state index contributed by atoms with van der Waals surface area (Å²) < 4.78 is 6.83. The highest BCUT2D eigenvalue weighted by Crippen LogP contribution is 2.27. The van der Waals surface area contributed by atoms with E-state index in [1.54, 1.807) is 18.0 Å². The van der Waals surface area contributed by atoms with Gasteiger partial charge < -0.3 is 14.9 Å². The lowest BCUT2D eigenvalue weighted by Crippen LogP contribution is -2.09. The summed E-state index contributed by atoms with van der Waals surface area (Å²) in [6, 6.07) is 0. The lowest BCUT2D eigenvalue weighted by atomic mass is 10.1. The number of hydrogen-bond acceptors (Lipinski definition) is 4. The Bertz CT molecular complexity index is 277. The molecule has 0 aliphatic rings. The number of aliphatic hydroxyl groups excluding tert-OH is 2. The fourth-order valence-electron chi connectivity index (χ4n) is 1.54. The van der Waals surface area contributed by atoms with Crippen LogP contribution in [0.5, 0.6) is 5.75 Å². The minimum absolute atomic E-state index is 0.0830. The maximum atomic E-state index is 9.91. The molecular weight excluding hydrogens is 196 g/mol. The number of aryl methyl sites for hydroxylation is 1. The van der Waals surface area contributed by atoms with Crippen molar-refractivity contribution in [3.63, 3.8) is 0 Å². The van der Waals surface area contributed by atoms with Crippen LogP contribution in [-0.4, -0.2) is 33.7 Å². The van der Waals surface area contributed by atoms with Crippen LogP contribution < -0.4 is 4.74 Å². The van der Waals surface area contributed by atoms with Crippen LogP contribution in [0.4, 0.5) is 0 Å². The van der Waals surface area contributed by atoms with Gasteiger partial charge in [0.05, 0.1) is 19.4 Å². The molecule has 0 aliphatic heterocycles. The third-order valence-corrected chi connectivity index (χ3v) is 2.32. The van der Waals surface area contributed by atoms with Crippen LogP contribution in [0.25, 0.3) is 0 Å². The zero-order valence-electron chi connectivity index (χ0n) is 9.18. The normalized spacial score (nSPS) is 12.8. The Morgan fingerprint density at radius 3 is 2.87 bits per heavy atom. The highest BCUT2D eigenvalue weighted by molar-refractivity contribution is 5.27. The van der Waals surface area contributed by atoms with E-state index in [1.165, 1.54) is 0 Å². The summed E-state index contributed by atoms with van der Waals surface area (Å²) in [4.78, 5) is 0. The molecule has 0 saturated heterocycles. The highest BCUT2D eigenvalue weighted by Gasteiger charge is 2.18. The summed E-state index contributed by atoms with van der Waals surface area (Å²) in [5.41, 5.74) is 0.688. The Balaban J connectivity index is 2.83. The fraction of sp³-hybridized carbons (Fsp3) is 0.700. The predicted octanol–water partition coefficient (Wildman–Crippen LogP) is 0.718. The van der Waals surface area contributed by atoms with Crippen molar-refractivity contribution in [3.8, 4) is 5.75 Å². The molecule has 0 aliphatic carbocycles. The number of aliphatic hydroxyl groups is 2. The molecular formula is C10H18N2O3. The van der Waals surface area contributed by atoms with E-state index in [0.717, 1.165) is 0 Å². The first-order valence-corrected chi connectivity index (χ1v) is 5.13. The van der Waals surface area contributed by atoms with E-state index in [9.17, 15) is 5.11 Å². The van der Waals surface area contributed by atoms with Crippen LogP contribution in [0.3, 0.4) is 0 Å². The molecule has 1 aromatic rings. The van der Waals surface area contributed by atoms with Gasteiger partial charge in [-0.05, 0) is 19.8 Å². The van der Waals surface area contributed by atoms with Gasteiger partial charge in [0, 0.05) is 13.2 Å². The second-order valence-electron chi connectivity index (χ2n) is 3.30. The summed E-state index contributed by atoms with van der Waals surface area (Å²) in [6.45, 7) is 2.73. The third-order valence-electron chi connectivity index (χ3n) is 2.32. The van der Waals surface area contributed by atoms with Crippen molar-refractivity contribution >= 4 is 0 Å². The Morgan fingerprint density at radius 2 is 2.33 bits per heavy atom. The number of aromatic nitrogens is 2. The lowest BCUT2D eigenvalue weighted by molar-refractivity contribution is 0.139. The van der Waals surface area contributed by atoms with Gasteiger partial charge in [0.15, 0.2) is 5.75 Å². The Labute approximate surface area is 89.3 Å². The van der Waals surface area contributed by atoms with Crippen LogP contribution >= 0.6 is 0 Å². The second-order valence-corrected chi connectivity index (χ2v) is 3.30. The SMILES string of the molecule is CCn1ncc(OC)c1C(O)CCCO. The highest BCUT2D eigenvalue weighted by atomic mass is 16.5. The van der Waals surface area contributed by atoms with E-state index in [1.807, 2.05) is 6.92 Å². The minimum atomic E-state index is -0.630. The summed E-state index contributed by atoms with van der Waals surface area (Å²) in [5.74, 6) is 0.599. The molecule has 1 atom stereocenters. The molecule has 0 amide bonds. The Kier molecular flexibility index (Phi) is 4.58. The maximum absolute atomic E-state index is 9.91. The zero-order valence-corrected chi connectivity index (χ0v) is 9.18. The van der Waals surface area contributed by atoms with Crippen LogP contribution in [0, 0.1) is 0 Å². The van der Waals surface area contributed by atoms with Gasteiger partial charge in [0.2, 0.25) is 0 Å². The molecule has 0 aromatic carbocycles. The molecule has 0 spiro atoms. The molecule has 5 heteroatoms. The summed E-state index contributed by atoms with van der Waals surface area (Å²) in [5, 5.41) is 22.7. The van der Waals surface area contributed by atoms with Crippen molar-refractivity contribution in [2.75, 3.05) is 13.7 Å². The predicted molar refractivity (Wildman–Crippen MR) is 55.7 cm³/mol. The molecule has 0 fully saturated rings. The zero-order chi connectivity index (χ0) is 11.3. The molecule has 1 heterocycles. The van der Waals surface area contributed by atoms with Crippen molar-refractivity contribution in [3.05, 3.63) is 11.9 Å². The van der Waals surface area contributed by atoms with E-state index in [4.69, 9.17) is 9.84 Å². The quantitative estimate of drug-likeness (QED) is 0.732. The number of rotatable bonds is 6. The largest absolute Gasteiger partial charge is 0.493 e. The smallest absolute Gasteiger partial charge is 0.162 e. The molecule has 1 aromatic heterocycles. The number of hydrogen-bond donors (Lipinski definition) is 2. The molecule has 1 unspecified atom stereocenters. The van der Waals surface area contributed by atoms with Gasteiger partial charge in [0.1, 0.15) is 5.69 Å². The van der Waals surface area contributed by atoms with Crippen molar-refractivity contribution < 1.29 is 14.9 Å². The van der Waals surface area contributed by atoms with E-state index in [2.05, 4.69) is 5.10 Å². The monoisotopic (exact) mass is 214 g/mol. The second kappa shape index (κ2) is 5.72.